The van der Waals surface area contributed by atoms with Gasteiger partial charge in [-0.2, -0.15) is 4.31 Å². The summed E-state index contributed by atoms with van der Waals surface area (Å²) in [4.78, 5) is 10.9. The zero-order chi connectivity index (χ0) is 18.6. The lowest BCUT2D eigenvalue weighted by atomic mass is 10.2. The Bertz CT molecular complexity index is 985. The summed E-state index contributed by atoms with van der Waals surface area (Å²) in [6.45, 7) is 0.169. The molecule has 0 aliphatic carbocycles. The van der Waals surface area contributed by atoms with E-state index in [-0.39, 0.29) is 26.2 Å². The van der Waals surface area contributed by atoms with Crippen molar-refractivity contribution in [3.05, 3.63) is 35.2 Å². The van der Waals surface area contributed by atoms with E-state index in [1.165, 1.54) is 0 Å². The summed E-state index contributed by atoms with van der Waals surface area (Å²) in [5.41, 5.74) is 1.35. The number of primary sulfonamides is 1. The molecule has 0 aromatic heterocycles. The van der Waals surface area contributed by atoms with Gasteiger partial charge in [0.1, 0.15) is 10.7 Å². The molecule has 0 saturated heterocycles. The molecule has 1 aromatic rings. The third kappa shape index (κ3) is 3.13. The summed E-state index contributed by atoms with van der Waals surface area (Å²) in [5.74, 6) is -1.22. The van der Waals surface area contributed by atoms with E-state index in [4.69, 9.17) is 10.2 Å². The zero-order valence-corrected chi connectivity index (χ0v) is 14.3. The first-order valence-corrected chi connectivity index (χ1v) is 9.99. The molecule has 3 rings (SSSR count). The molecule has 0 bridgehead atoms. The molecule has 2 heterocycles. The maximum Gasteiger partial charge on any atom is 0.407 e. The van der Waals surface area contributed by atoms with Crippen LogP contribution >= 0.6 is 0 Å². The van der Waals surface area contributed by atoms with Crippen LogP contribution in [0, 0.1) is 5.82 Å². The van der Waals surface area contributed by atoms with E-state index in [9.17, 15) is 26.0 Å². The monoisotopic (exact) mass is 391 g/mol. The van der Waals surface area contributed by atoms with Gasteiger partial charge in [-0.25, -0.2) is 31.2 Å². The van der Waals surface area contributed by atoms with Crippen molar-refractivity contribution in [1.29, 1.82) is 0 Å². The second-order valence-corrected chi connectivity index (χ2v) is 9.22. The molecule has 2 aliphatic heterocycles. The standard InChI is InChI=1S/C13H14FN3O6S2/c14-11-3-10(24(15,20)21)1-2-12(11)25(22,23)17-6-8-4-16(13(18)19)5-9(8)7-17/h1-3H,4-7H2,(H,18,19)(H2,15,20,21). The fraction of sp³-hybridized carbons (Fsp3) is 0.308. The minimum Gasteiger partial charge on any atom is -0.465 e. The van der Waals surface area contributed by atoms with Crippen molar-refractivity contribution in [2.24, 2.45) is 5.14 Å². The summed E-state index contributed by atoms with van der Waals surface area (Å²) in [7, 11) is -8.35. The van der Waals surface area contributed by atoms with Gasteiger partial charge >= 0.3 is 6.09 Å². The topological polar surface area (TPSA) is 138 Å². The predicted octanol–water partition coefficient (Wildman–Crippen LogP) is -0.232. The molecule has 2 aliphatic rings. The van der Waals surface area contributed by atoms with Crippen LogP contribution in [-0.2, 0) is 20.0 Å². The van der Waals surface area contributed by atoms with Crippen molar-refractivity contribution in [2.45, 2.75) is 9.79 Å². The fourth-order valence-electron chi connectivity index (χ4n) is 2.86. The van der Waals surface area contributed by atoms with Crippen molar-refractivity contribution in [2.75, 3.05) is 26.2 Å². The van der Waals surface area contributed by atoms with Crippen LogP contribution in [-0.4, -0.2) is 63.4 Å². The Morgan fingerprint density at radius 1 is 1.08 bits per heavy atom. The molecule has 1 amide bonds. The number of amides is 1. The average molecular weight is 391 g/mol. The van der Waals surface area contributed by atoms with E-state index >= 15 is 0 Å². The van der Waals surface area contributed by atoms with Gasteiger partial charge in [0.25, 0.3) is 0 Å². The molecule has 0 saturated carbocycles. The Hall–Kier alpha value is -2.02. The van der Waals surface area contributed by atoms with E-state index in [0.717, 1.165) is 21.3 Å². The van der Waals surface area contributed by atoms with E-state index < -0.39 is 41.7 Å². The Labute approximate surface area is 143 Å². The maximum absolute atomic E-state index is 14.2. The first kappa shape index (κ1) is 17.8. The van der Waals surface area contributed by atoms with Crippen LogP contribution < -0.4 is 5.14 Å². The lowest BCUT2D eigenvalue weighted by molar-refractivity contribution is 0.155. The molecule has 136 valence electrons. The van der Waals surface area contributed by atoms with Gasteiger partial charge in [0.2, 0.25) is 20.0 Å². The minimum absolute atomic E-state index is 0.0299. The summed E-state index contributed by atoms with van der Waals surface area (Å²) in [5, 5.41) is 13.9. The second kappa shape index (κ2) is 5.76. The number of benzene rings is 1. The number of carboxylic acid groups (broad SMARTS) is 1. The molecule has 12 heteroatoms. The molecule has 0 fully saturated rings. The summed E-state index contributed by atoms with van der Waals surface area (Å²) in [6.07, 6.45) is -1.09. The van der Waals surface area contributed by atoms with E-state index in [0.29, 0.717) is 17.2 Å². The summed E-state index contributed by atoms with van der Waals surface area (Å²) in [6, 6.07) is 2.34. The Morgan fingerprint density at radius 3 is 2.08 bits per heavy atom. The highest BCUT2D eigenvalue weighted by molar-refractivity contribution is 7.89. The molecule has 0 spiro atoms. The molecule has 3 N–H and O–H groups in total. The van der Waals surface area contributed by atoms with Crippen LogP contribution in [0.25, 0.3) is 0 Å². The van der Waals surface area contributed by atoms with Gasteiger partial charge < -0.3 is 10.0 Å². The summed E-state index contributed by atoms with van der Waals surface area (Å²) < 4.78 is 62.8. The third-order valence-corrected chi connectivity index (χ3v) is 6.85. The average Bonchev–Trinajstić information content (AvgIpc) is 3.04. The molecule has 9 nitrogen and oxygen atoms in total. The molecular formula is C13H14FN3O6S2. The molecule has 1 aromatic carbocycles. The minimum atomic E-state index is -4.20. The van der Waals surface area contributed by atoms with Gasteiger partial charge in [0.15, 0.2) is 0 Å². The van der Waals surface area contributed by atoms with Gasteiger partial charge in [0, 0.05) is 26.2 Å². The maximum atomic E-state index is 14.2. The smallest absolute Gasteiger partial charge is 0.407 e. The van der Waals surface area contributed by atoms with Gasteiger partial charge in [-0.15, -0.1) is 0 Å². The zero-order valence-electron chi connectivity index (χ0n) is 12.7. The van der Waals surface area contributed by atoms with Crippen LogP contribution in [0.15, 0.2) is 39.1 Å². The van der Waals surface area contributed by atoms with Crippen molar-refractivity contribution in [3.63, 3.8) is 0 Å². The number of nitrogens with two attached hydrogens (primary N) is 1. The van der Waals surface area contributed by atoms with E-state index in [1.807, 2.05) is 0 Å². The van der Waals surface area contributed by atoms with Gasteiger partial charge in [-0.05, 0) is 29.3 Å². The van der Waals surface area contributed by atoms with Crippen LogP contribution in [0.1, 0.15) is 0 Å². The number of sulfonamides is 2. The molecule has 0 radical (unpaired) electrons. The van der Waals surface area contributed by atoms with E-state index in [2.05, 4.69) is 0 Å². The van der Waals surface area contributed by atoms with Crippen molar-refractivity contribution in [3.8, 4) is 0 Å². The van der Waals surface area contributed by atoms with Crippen molar-refractivity contribution < 1.29 is 31.1 Å². The number of rotatable bonds is 3. The lowest BCUT2D eigenvalue weighted by Gasteiger charge is -2.21. The number of nitrogens with zero attached hydrogens (tertiary/aromatic N) is 2. The number of carbonyl (C=O) groups is 1. The Kier molecular flexibility index (Phi) is 4.10. The highest BCUT2D eigenvalue weighted by Crippen LogP contribution is 2.31. The Balaban J connectivity index is 1.84. The summed E-state index contributed by atoms with van der Waals surface area (Å²) >= 11 is 0. The van der Waals surface area contributed by atoms with Crippen LogP contribution in [0.5, 0.6) is 0 Å². The van der Waals surface area contributed by atoms with Crippen LogP contribution in [0.4, 0.5) is 9.18 Å². The number of halogens is 1. The molecular weight excluding hydrogens is 377 g/mol. The number of hydrogen-bond donors (Lipinski definition) is 2. The molecule has 0 atom stereocenters. The second-order valence-electron chi connectivity index (χ2n) is 5.76. The quantitative estimate of drug-likeness (QED) is 0.683. The molecule has 25 heavy (non-hydrogen) atoms. The van der Waals surface area contributed by atoms with Crippen molar-refractivity contribution >= 4 is 26.1 Å². The first-order valence-electron chi connectivity index (χ1n) is 7.00. The van der Waals surface area contributed by atoms with Gasteiger partial charge in [-0.3, -0.25) is 0 Å². The SMILES string of the molecule is NS(=O)(=O)c1ccc(S(=O)(=O)N2CC3=C(CN(C(=O)O)C3)C2)c(F)c1. The largest absolute Gasteiger partial charge is 0.465 e. The number of hydrogen-bond acceptors (Lipinski definition) is 5. The van der Waals surface area contributed by atoms with E-state index in [1.54, 1.807) is 0 Å². The Morgan fingerprint density at radius 2 is 1.64 bits per heavy atom. The third-order valence-electron chi connectivity index (χ3n) is 4.12. The highest BCUT2D eigenvalue weighted by Gasteiger charge is 2.38. The highest BCUT2D eigenvalue weighted by atomic mass is 32.2. The van der Waals surface area contributed by atoms with Gasteiger partial charge in [-0.1, -0.05) is 0 Å². The molecule has 0 unspecified atom stereocenters. The lowest BCUT2D eigenvalue weighted by Crippen LogP contribution is -2.36. The van der Waals surface area contributed by atoms with Crippen LogP contribution in [0.2, 0.25) is 0 Å². The van der Waals surface area contributed by atoms with Crippen LogP contribution in [0.3, 0.4) is 0 Å². The predicted molar refractivity (Wildman–Crippen MR) is 83.2 cm³/mol. The fourth-order valence-corrected chi connectivity index (χ4v) is 4.86. The normalized spacial score (nSPS) is 18.7. The first-order chi connectivity index (χ1) is 11.5. The van der Waals surface area contributed by atoms with Crippen molar-refractivity contribution in [1.82, 2.24) is 9.21 Å². The van der Waals surface area contributed by atoms with Gasteiger partial charge in [0.05, 0.1) is 4.90 Å².